The number of fused-ring (bicyclic) bond motifs is 1. The predicted molar refractivity (Wildman–Crippen MR) is 135 cm³/mol. The second-order valence-corrected chi connectivity index (χ2v) is 11.4. The van der Waals surface area contributed by atoms with Gasteiger partial charge in [0.05, 0.1) is 5.41 Å². The van der Waals surface area contributed by atoms with Gasteiger partial charge < -0.3 is 9.32 Å². The van der Waals surface area contributed by atoms with Crippen LogP contribution in [0.25, 0.3) is 0 Å². The van der Waals surface area contributed by atoms with Crippen LogP contribution >= 0.6 is 0 Å². The van der Waals surface area contributed by atoms with E-state index in [2.05, 4.69) is 84.5 Å². The van der Waals surface area contributed by atoms with Crippen LogP contribution in [0, 0.1) is 17.8 Å². The maximum Gasteiger partial charge on any atom is 0.231 e. The van der Waals surface area contributed by atoms with Crippen LogP contribution in [0.1, 0.15) is 81.2 Å². The molecule has 0 N–H and O–H groups in total. The molecule has 3 aromatic rings. The molecular weight excluding hydrogens is 418 g/mol. The first-order valence-corrected chi connectivity index (χ1v) is 13.3. The molecule has 2 atom stereocenters. The van der Waals surface area contributed by atoms with E-state index < -0.39 is 5.41 Å². The van der Waals surface area contributed by atoms with Crippen LogP contribution < -0.4 is 0 Å². The first kappa shape index (κ1) is 22.0. The van der Waals surface area contributed by atoms with Crippen LogP contribution in [0.2, 0.25) is 0 Å². The molecule has 0 amide bonds. The fourth-order valence-corrected chi connectivity index (χ4v) is 7.36. The number of hydrogen-bond donors (Lipinski definition) is 0. The van der Waals surface area contributed by atoms with Gasteiger partial charge in [0.2, 0.25) is 11.8 Å². The van der Waals surface area contributed by atoms with Gasteiger partial charge in [0.25, 0.3) is 0 Å². The van der Waals surface area contributed by atoms with Crippen molar-refractivity contribution in [3.05, 3.63) is 83.6 Å². The summed E-state index contributed by atoms with van der Waals surface area (Å²) >= 11 is 0. The number of nitrogens with zero attached hydrogens (tertiary/aromatic N) is 3. The number of benzene rings is 2. The van der Waals surface area contributed by atoms with E-state index in [1.54, 1.807) is 0 Å². The Balaban J connectivity index is 1.41. The van der Waals surface area contributed by atoms with Gasteiger partial charge in [0.15, 0.2) is 0 Å². The zero-order chi connectivity index (χ0) is 23.1. The Labute approximate surface area is 203 Å². The van der Waals surface area contributed by atoms with E-state index >= 15 is 0 Å². The highest BCUT2D eigenvalue weighted by molar-refractivity contribution is 5.45. The Hall–Kier alpha value is -2.46. The van der Waals surface area contributed by atoms with E-state index in [-0.39, 0.29) is 5.92 Å². The molecule has 4 nitrogen and oxygen atoms in total. The molecule has 4 bridgehead atoms. The van der Waals surface area contributed by atoms with Crippen molar-refractivity contribution < 1.29 is 4.42 Å². The maximum atomic E-state index is 6.45. The molecule has 7 rings (SSSR count). The van der Waals surface area contributed by atoms with Crippen LogP contribution in [0.5, 0.6) is 0 Å². The van der Waals surface area contributed by atoms with E-state index in [4.69, 9.17) is 9.52 Å². The van der Waals surface area contributed by atoms with Gasteiger partial charge in [-0.15, -0.1) is 10.2 Å². The topological polar surface area (TPSA) is 42.2 Å². The molecule has 4 heteroatoms. The fourth-order valence-electron chi connectivity index (χ4n) is 7.36. The third kappa shape index (κ3) is 3.90. The van der Waals surface area contributed by atoms with Crippen LogP contribution in [0.4, 0.5) is 0 Å². The molecule has 0 spiro atoms. The van der Waals surface area contributed by atoms with E-state index in [0.29, 0.717) is 0 Å². The summed E-state index contributed by atoms with van der Waals surface area (Å²) in [4.78, 5) is 2.84. The summed E-state index contributed by atoms with van der Waals surface area (Å²) in [5.41, 5.74) is 2.02. The highest BCUT2D eigenvalue weighted by atomic mass is 16.4. The monoisotopic (exact) mass is 455 g/mol. The molecule has 4 aliphatic rings. The lowest BCUT2D eigenvalue weighted by Crippen LogP contribution is -2.42. The van der Waals surface area contributed by atoms with E-state index in [1.807, 2.05) is 0 Å². The molecule has 1 aromatic heterocycles. The van der Waals surface area contributed by atoms with Crippen LogP contribution in [-0.4, -0.2) is 34.2 Å². The smallest absolute Gasteiger partial charge is 0.231 e. The third-order valence-corrected chi connectivity index (χ3v) is 8.83. The standard InChI is InChI=1S/C30H37N3O/c1-21(2)28-31-32-29(34-28)30(25-9-5-3-6-10-25,26-11-7-4-8-12-26)13-14-33-20-24-16-22-15-23(17-24)19-27(33)18-22/h3-12,21-24,27H,13-20H2,1-2H3. The number of hydrogen-bond acceptors (Lipinski definition) is 4. The molecule has 2 aliphatic heterocycles. The quantitative estimate of drug-likeness (QED) is 0.412. The SMILES string of the molecule is CC(C)c1nnc(C(CCN2CC3CC4CC(C3)CC2C4)(c2ccccc2)c2ccccc2)o1. The minimum atomic E-state index is -0.452. The van der Waals surface area contributed by atoms with Crippen LogP contribution in [-0.2, 0) is 5.41 Å². The molecule has 2 saturated carbocycles. The van der Waals surface area contributed by atoms with E-state index in [0.717, 1.165) is 48.5 Å². The van der Waals surface area contributed by atoms with Crippen LogP contribution in [0.3, 0.4) is 0 Å². The maximum absolute atomic E-state index is 6.45. The fraction of sp³-hybridized carbons (Fsp3) is 0.533. The summed E-state index contributed by atoms with van der Waals surface area (Å²) in [6, 6.07) is 22.4. The van der Waals surface area contributed by atoms with Gasteiger partial charge >= 0.3 is 0 Å². The highest BCUT2D eigenvalue weighted by Gasteiger charge is 2.45. The van der Waals surface area contributed by atoms with Gasteiger partial charge in [-0.1, -0.05) is 74.5 Å². The lowest BCUT2D eigenvalue weighted by molar-refractivity contribution is 0.121. The Bertz CT molecular complexity index is 1040. The summed E-state index contributed by atoms with van der Waals surface area (Å²) in [5.74, 6) is 4.47. The molecule has 2 unspecified atom stereocenters. The Kier molecular flexibility index (Phi) is 5.81. The molecule has 0 radical (unpaired) electrons. The normalized spacial score (nSPS) is 26.8. The average Bonchev–Trinajstić information content (AvgIpc) is 3.28. The zero-order valence-corrected chi connectivity index (χ0v) is 20.6. The number of rotatable bonds is 7. The lowest BCUT2D eigenvalue weighted by atomic mass is 9.68. The van der Waals surface area contributed by atoms with Crippen molar-refractivity contribution in [2.45, 2.75) is 69.7 Å². The highest BCUT2D eigenvalue weighted by Crippen LogP contribution is 2.48. The second kappa shape index (κ2) is 8.96. The van der Waals surface area contributed by atoms with Crippen molar-refractivity contribution >= 4 is 0 Å². The minimum Gasteiger partial charge on any atom is -0.424 e. The van der Waals surface area contributed by atoms with Gasteiger partial charge in [0, 0.05) is 25.0 Å². The molecule has 178 valence electrons. The second-order valence-electron chi connectivity index (χ2n) is 11.4. The van der Waals surface area contributed by atoms with Crippen molar-refractivity contribution in [3.63, 3.8) is 0 Å². The summed E-state index contributed by atoms with van der Waals surface area (Å²) in [6.45, 7) is 6.56. The molecule has 34 heavy (non-hydrogen) atoms. The number of aromatic nitrogens is 2. The predicted octanol–water partition coefficient (Wildman–Crippen LogP) is 6.43. The van der Waals surface area contributed by atoms with Gasteiger partial charge in [-0.3, -0.25) is 0 Å². The van der Waals surface area contributed by atoms with Crippen molar-refractivity contribution in [1.29, 1.82) is 0 Å². The summed E-state index contributed by atoms with van der Waals surface area (Å²) in [7, 11) is 0. The largest absolute Gasteiger partial charge is 0.424 e. The average molecular weight is 456 g/mol. The Morgan fingerprint density at radius 1 is 0.824 bits per heavy atom. The molecule has 4 fully saturated rings. The van der Waals surface area contributed by atoms with Gasteiger partial charge in [0.1, 0.15) is 0 Å². The zero-order valence-electron chi connectivity index (χ0n) is 20.6. The van der Waals surface area contributed by atoms with Gasteiger partial charge in [-0.05, 0) is 67.4 Å². The van der Waals surface area contributed by atoms with Crippen molar-refractivity contribution in [2.75, 3.05) is 13.1 Å². The minimum absolute atomic E-state index is 0.210. The summed E-state index contributed by atoms with van der Waals surface area (Å²) < 4.78 is 6.45. The van der Waals surface area contributed by atoms with E-state index in [1.165, 1.54) is 49.8 Å². The van der Waals surface area contributed by atoms with Crippen molar-refractivity contribution in [1.82, 2.24) is 15.1 Å². The summed E-state index contributed by atoms with van der Waals surface area (Å²) in [6.07, 6.45) is 8.13. The van der Waals surface area contributed by atoms with Crippen molar-refractivity contribution in [3.8, 4) is 0 Å². The van der Waals surface area contributed by atoms with Gasteiger partial charge in [-0.2, -0.15) is 0 Å². The molecule has 2 aromatic carbocycles. The molecule has 2 aliphatic carbocycles. The van der Waals surface area contributed by atoms with Crippen LogP contribution in [0.15, 0.2) is 65.1 Å². The Morgan fingerprint density at radius 3 is 1.97 bits per heavy atom. The molecule has 3 heterocycles. The molecular formula is C30H37N3O. The third-order valence-electron chi connectivity index (χ3n) is 8.83. The van der Waals surface area contributed by atoms with E-state index in [9.17, 15) is 0 Å². The van der Waals surface area contributed by atoms with Gasteiger partial charge in [-0.25, -0.2) is 0 Å². The lowest BCUT2D eigenvalue weighted by Gasteiger charge is -2.40. The first-order valence-electron chi connectivity index (χ1n) is 13.3. The van der Waals surface area contributed by atoms with Crippen molar-refractivity contribution in [2.24, 2.45) is 17.8 Å². The Morgan fingerprint density at radius 2 is 1.41 bits per heavy atom. The first-order chi connectivity index (χ1) is 16.6. The molecule has 2 saturated heterocycles. The summed E-state index contributed by atoms with van der Waals surface area (Å²) in [5, 5.41) is 9.18.